The molecule has 10 nitrogen and oxygen atoms in total. The molecule has 0 spiro atoms. The number of urea groups is 1. The molecule has 2 atom stereocenters. The number of carbonyl (C=O) groups excluding carboxylic acids is 2. The largest absolute Gasteiger partial charge is 0.418 e. The first kappa shape index (κ1) is 18.3. The Kier molecular flexibility index (Phi) is 4.49. The summed E-state index contributed by atoms with van der Waals surface area (Å²) in [5.41, 5.74) is 1.99. The van der Waals surface area contributed by atoms with Crippen molar-refractivity contribution in [3.8, 4) is 0 Å². The van der Waals surface area contributed by atoms with Gasteiger partial charge in [0.25, 0.3) is 0 Å². The molecule has 1 saturated heterocycles. The zero-order chi connectivity index (χ0) is 19.9. The van der Waals surface area contributed by atoms with Gasteiger partial charge in [-0.15, -0.1) is 4.28 Å². The van der Waals surface area contributed by atoms with Gasteiger partial charge in [-0.3, -0.25) is 14.3 Å². The van der Waals surface area contributed by atoms with Gasteiger partial charge in [-0.05, 0) is 28.8 Å². The van der Waals surface area contributed by atoms with Crippen LogP contribution in [-0.2, 0) is 26.0 Å². The van der Waals surface area contributed by atoms with Crippen molar-refractivity contribution in [1.29, 1.82) is 0 Å². The Morgan fingerprint density at radius 3 is 2.57 bits per heavy atom. The van der Waals surface area contributed by atoms with E-state index in [0.717, 1.165) is 5.56 Å². The predicted molar refractivity (Wildman–Crippen MR) is 94.6 cm³/mol. The SMILES string of the molecule is O=C(NCc1ccncc1)[C@H]1c2ccccc2[C@H]2CN1C(=O)N2OS(=O)(=O)O. The summed E-state index contributed by atoms with van der Waals surface area (Å²) >= 11 is 0. The Balaban J connectivity index is 1.64. The third kappa shape index (κ3) is 3.30. The molecule has 1 aromatic heterocycles. The average molecular weight is 404 g/mol. The maximum absolute atomic E-state index is 12.9. The van der Waals surface area contributed by atoms with Crippen molar-refractivity contribution in [2.24, 2.45) is 0 Å². The van der Waals surface area contributed by atoms with E-state index in [0.29, 0.717) is 16.2 Å². The first-order valence-electron chi connectivity index (χ1n) is 8.37. The molecule has 0 radical (unpaired) electrons. The summed E-state index contributed by atoms with van der Waals surface area (Å²) in [7, 11) is -4.89. The summed E-state index contributed by atoms with van der Waals surface area (Å²) in [6, 6.07) is 7.84. The molecule has 2 N–H and O–H groups in total. The van der Waals surface area contributed by atoms with Gasteiger partial charge in [0.15, 0.2) is 0 Å². The average Bonchev–Trinajstić information content (AvgIpc) is 2.93. The van der Waals surface area contributed by atoms with Crippen LogP contribution in [0.5, 0.6) is 0 Å². The van der Waals surface area contributed by atoms with Crippen LogP contribution in [0.15, 0.2) is 48.8 Å². The fraction of sp³-hybridized carbons (Fsp3) is 0.235. The van der Waals surface area contributed by atoms with E-state index in [1.54, 1.807) is 48.8 Å². The number of fused-ring (bicyclic) bond motifs is 4. The summed E-state index contributed by atoms with van der Waals surface area (Å²) in [4.78, 5) is 30.7. The maximum atomic E-state index is 12.9. The minimum absolute atomic E-state index is 0.0543. The van der Waals surface area contributed by atoms with Gasteiger partial charge >= 0.3 is 16.4 Å². The maximum Gasteiger partial charge on any atom is 0.418 e. The molecule has 1 fully saturated rings. The number of hydrogen-bond acceptors (Lipinski definition) is 6. The number of amides is 3. The zero-order valence-corrected chi connectivity index (χ0v) is 15.2. The van der Waals surface area contributed by atoms with E-state index < -0.39 is 34.4 Å². The lowest BCUT2D eigenvalue weighted by Crippen LogP contribution is -2.43. The minimum atomic E-state index is -4.89. The summed E-state index contributed by atoms with van der Waals surface area (Å²) in [6.07, 6.45) is 3.22. The van der Waals surface area contributed by atoms with Crippen LogP contribution in [0, 0.1) is 0 Å². The second-order valence-corrected chi connectivity index (χ2v) is 7.39. The zero-order valence-electron chi connectivity index (χ0n) is 14.4. The Bertz CT molecular complexity index is 1030. The van der Waals surface area contributed by atoms with Crippen molar-refractivity contribution in [1.82, 2.24) is 20.3 Å². The van der Waals surface area contributed by atoms with Gasteiger partial charge in [0, 0.05) is 18.9 Å². The molecule has 3 heterocycles. The molecule has 0 unspecified atom stereocenters. The van der Waals surface area contributed by atoms with Crippen molar-refractivity contribution in [3.05, 3.63) is 65.5 Å². The van der Waals surface area contributed by atoms with E-state index in [1.165, 1.54) is 4.90 Å². The first-order valence-corrected chi connectivity index (χ1v) is 9.74. The van der Waals surface area contributed by atoms with Crippen LogP contribution in [0.4, 0.5) is 4.79 Å². The number of hydroxylamine groups is 2. The molecular weight excluding hydrogens is 388 g/mol. The molecule has 2 aliphatic rings. The number of hydrogen-bond donors (Lipinski definition) is 2. The number of carbonyl (C=O) groups is 2. The Labute approximate surface area is 160 Å². The number of rotatable bonds is 5. The Hall–Kier alpha value is -3.02. The number of benzene rings is 1. The minimum Gasteiger partial charge on any atom is -0.350 e. The van der Waals surface area contributed by atoms with Crippen molar-refractivity contribution >= 4 is 22.3 Å². The normalized spacial score (nSPS) is 20.8. The fourth-order valence-corrected chi connectivity index (χ4v) is 3.90. The monoisotopic (exact) mass is 404 g/mol. The molecule has 0 aliphatic carbocycles. The molecule has 2 aromatic rings. The van der Waals surface area contributed by atoms with Crippen LogP contribution in [-0.4, -0.2) is 46.4 Å². The number of aromatic nitrogens is 1. The van der Waals surface area contributed by atoms with Gasteiger partial charge in [0.2, 0.25) is 5.91 Å². The fourth-order valence-electron chi connectivity index (χ4n) is 3.52. The van der Waals surface area contributed by atoms with Gasteiger partial charge in [0.1, 0.15) is 12.1 Å². The number of pyridine rings is 1. The third-order valence-corrected chi connectivity index (χ3v) is 5.04. The van der Waals surface area contributed by atoms with Crippen LogP contribution < -0.4 is 5.32 Å². The van der Waals surface area contributed by atoms with Crippen LogP contribution in [0.25, 0.3) is 0 Å². The molecule has 146 valence electrons. The predicted octanol–water partition coefficient (Wildman–Crippen LogP) is 0.966. The Morgan fingerprint density at radius 1 is 1.21 bits per heavy atom. The van der Waals surface area contributed by atoms with E-state index in [9.17, 15) is 18.0 Å². The lowest BCUT2D eigenvalue weighted by atomic mass is 9.90. The van der Waals surface area contributed by atoms with Gasteiger partial charge in [-0.25, -0.2) is 4.79 Å². The quantitative estimate of drug-likeness (QED) is 0.710. The molecule has 2 bridgehead atoms. The van der Waals surface area contributed by atoms with Crippen molar-refractivity contribution in [3.63, 3.8) is 0 Å². The molecule has 4 rings (SSSR count). The molecular formula is C17H16N4O6S. The number of nitrogens with one attached hydrogen (secondary N) is 1. The highest BCUT2D eigenvalue weighted by Crippen LogP contribution is 2.44. The van der Waals surface area contributed by atoms with E-state index in [2.05, 4.69) is 14.6 Å². The molecule has 11 heteroatoms. The highest BCUT2D eigenvalue weighted by Gasteiger charge is 2.51. The van der Waals surface area contributed by atoms with Gasteiger partial charge < -0.3 is 10.2 Å². The molecule has 28 heavy (non-hydrogen) atoms. The van der Waals surface area contributed by atoms with Crippen molar-refractivity contribution in [2.75, 3.05) is 6.54 Å². The van der Waals surface area contributed by atoms with Crippen LogP contribution >= 0.6 is 0 Å². The van der Waals surface area contributed by atoms with Crippen molar-refractivity contribution < 1.29 is 26.8 Å². The Morgan fingerprint density at radius 2 is 1.89 bits per heavy atom. The third-order valence-electron chi connectivity index (χ3n) is 4.69. The van der Waals surface area contributed by atoms with Crippen LogP contribution in [0.3, 0.4) is 0 Å². The number of nitrogens with zero attached hydrogens (tertiary/aromatic N) is 3. The molecule has 3 amide bonds. The molecule has 2 aliphatic heterocycles. The van der Waals surface area contributed by atoms with Gasteiger partial charge in [-0.2, -0.15) is 13.5 Å². The highest BCUT2D eigenvalue weighted by atomic mass is 32.3. The summed E-state index contributed by atoms with van der Waals surface area (Å²) < 4.78 is 35.8. The van der Waals surface area contributed by atoms with E-state index >= 15 is 0 Å². The first-order chi connectivity index (χ1) is 13.3. The van der Waals surface area contributed by atoms with Gasteiger partial charge in [0.05, 0.1) is 6.54 Å². The summed E-state index contributed by atoms with van der Waals surface area (Å²) in [5.74, 6) is -0.412. The van der Waals surface area contributed by atoms with E-state index in [1.807, 2.05) is 0 Å². The lowest BCUT2D eigenvalue weighted by Gasteiger charge is -2.31. The summed E-state index contributed by atoms with van der Waals surface area (Å²) in [6.45, 7) is 0.301. The summed E-state index contributed by atoms with van der Waals surface area (Å²) in [5, 5.41) is 3.38. The van der Waals surface area contributed by atoms with E-state index in [-0.39, 0.29) is 13.1 Å². The molecule has 1 aromatic carbocycles. The highest BCUT2D eigenvalue weighted by molar-refractivity contribution is 7.80. The second-order valence-electron chi connectivity index (χ2n) is 6.38. The standard InChI is InChI=1S/C17H16N4O6S/c22-16(19-9-11-5-7-18-8-6-11)15-13-4-2-1-3-12(13)14-10-20(15)17(23)21(14)27-28(24,25)26/h1-8,14-15H,9-10H2,(H,19,22)(H,24,25,26)/t14-,15-/m1/s1. The smallest absolute Gasteiger partial charge is 0.350 e. The lowest BCUT2D eigenvalue weighted by molar-refractivity contribution is -0.125. The van der Waals surface area contributed by atoms with Crippen molar-refractivity contribution in [2.45, 2.75) is 18.6 Å². The second kappa shape index (κ2) is 6.86. The topological polar surface area (TPSA) is 129 Å². The van der Waals surface area contributed by atoms with Crippen LogP contribution in [0.1, 0.15) is 28.8 Å². The van der Waals surface area contributed by atoms with Crippen LogP contribution in [0.2, 0.25) is 0 Å². The molecule has 0 saturated carbocycles. The van der Waals surface area contributed by atoms with E-state index in [4.69, 9.17) is 4.55 Å². The van der Waals surface area contributed by atoms with Gasteiger partial charge in [-0.1, -0.05) is 24.3 Å².